The van der Waals surface area contributed by atoms with Crippen molar-refractivity contribution < 1.29 is 0 Å². The van der Waals surface area contributed by atoms with Gasteiger partial charge in [-0.1, -0.05) is 32.6 Å². The summed E-state index contributed by atoms with van der Waals surface area (Å²) in [5, 5.41) is 0. The van der Waals surface area contributed by atoms with Gasteiger partial charge in [0.1, 0.15) is 0 Å². The molecule has 1 rings (SSSR count). The van der Waals surface area contributed by atoms with Crippen molar-refractivity contribution in [3.63, 3.8) is 0 Å². The molecule has 0 saturated carbocycles. The molecule has 2 heteroatoms. The lowest BCUT2D eigenvalue weighted by atomic mass is 10.1. The Balaban J connectivity index is 1.86. The monoisotopic (exact) mass is 142 g/mol. The summed E-state index contributed by atoms with van der Waals surface area (Å²) < 4.78 is 0. The highest BCUT2D eigenvalue weighted by Crippen LogP contribution is 2.17. The third kappa shape index (κ3) is 2.67. The summed E-state index contributed by atoms with van der Waals surface area (Å²) in [6, 6.07) is 0. The van der Waals surface area contributed by atoms with Gasteiger partial charge in [-0.2, -0.15) is 0 Å². The zero-order chi connectivity index (χ0) is 7.45. The summed E-state index contributed by atoms with van der Waals surface area (Å²) in [4.78, 5) is 0. The van der Waals surface area contributed by atoms with E-state index in [4.69, 9.17) is 0 Å². The second-order valence-electron chi connectivity index (χ2n) is 3.39. The SMILES string of the molecule is CCCCCCC1(C)NN1. The molecule has 60 valence electrons. The quantitative estimate of drug-likeness (QED) is 0.454. The average Bonchev–Trinajstić information content (AvgIpc) is 2.62. The molecular formula is C8H18N2. The maximum Gasteiger partial charge on any atom is 0.0915 e. The van der Waals surface area contributed by atoms with Crippen LogP contribution in [0.2, 0.25) is 0 Å². The van der Waals surface area contributed by atoms with E-state index in [1.54, 1.807) is 0 Å². The largest absolute Gasteiger partial charge is 0.235 e. The average molecular weight is 142 g/mol. The number of unbranched alkanes of at least 4 members (excludes halogenated alkanes) is 3. The van der Waals surface area contributed by atoms with E-state index in [0.29, 0.717) is 5.66 Å². The van der Waals surface area contributed by atoms with Crippen molar-refractivity contribution in [2.45, 2.75) is 51.6 Å². The molecule has 1 heterocycles. The number of hydrogen-bond acceptors (Lipinski definition) is 2. The number of hydrazine groups is 1. The van der Waals surface area contributed by atoms with Crippen LogP contribution in [0.15, 0.2) is 0 Å². The molecule has 0 aromatic heterocycles. The van der Waals surface area contributed by atoms with Crippen LogP contribution in [0.5, 0.6) is 0 Å². The van der Waals surface area contributed by atoms with E-state index < -0.39 is 0 Å². The van der Waals surface area contributed by atoms with E-state index in [0.717, 1.165) is 0 Å². The van der Waals surface area contributed by atoms with Gasteiger partial charge in [0.05, 0.1) is 5.66 Å². The Labute approximate surface area is 63.4 Å². The van der Waals surface area contributed by atoms with Crippen LogP contribution in [0.4, 0.5) is 0 Å². The second-order valence-corrected chi connectivity index (χ2v) is 3.39. The van der Waals surface area contributed by atoms with Crippen molar-refractivity contribution in [1.82, 2.24) is 10.9 Å². The lowest BCUT2D eigenvalue weighted by Gasteiger charge is -2.02. The Hall–Kier alpha value is -0.0800. The van der Waals surface area contributed by atoms with Gasteiger partial charge in [0.2, 0.25) is 0 Å². The van der Waals surface area contributed by atoms with E-state index in [9.17, 15) is 0 Å². The van der Waals surface area contributed by atoms with Gasteiger partial charge >= 0.3 is 0 Å². The smallest absolute Gasteiger partial charge is 0.0915 e. The molecular weight excluding hydrogens is 124 g/mol. The van der Waals surface area contributed by atoms with Gasteiger partial charge in [-0.25, -0.2) is 10.9 Å². The molecule has 1 aliphatic rings. The standard InChI is InChI=1S/C8H18N2/c1-3-4-5-6-7-8(2)9-10-8/h9-10H,3-7H2,1-2H3. The Morgan fingerprint density at radius 1 is 1.10 bits per heavy atom. The number of nitrogens with one attached hydrogen (secondary N) is 2. The summed E-state index contributed by atoms with van der Waals surface area (Å²) in [6.45, 7) is 4.45. The Morgan fingerprint density at radius 2 is 1.80 bits per heavy atom. The number of hydrogen-bond donors (Lipinski definition) is 2. The van der Waals surface area contributed by atoms with Crippen molar-refractivity contribution in [3.05, 3.63) is 0 Å². The molecule has 10 heavy (non-hydrogen) atoms. The van der Waals surface area contributed by atoms with Gasteiger partial charge in [-0.3, -0.25) is 0 Å². The number of rotatable bonds is 5. The van der Waals surface area contributed by atoms with Crippen LogP contribution >= 0.6 is 0 Å². The third-order valence-electron chi connectivity index (χ3n) is 2.08. The van der Waals surface area contributed by atoms with Crippen LogP contribution in [0, 0.1) is 0 Å². The van der Waals surface area contributed by atoms with Crippen molar-refractivity contribution in [3.8, 4) is 0 Å². The van der Waals surface area contributed by atoms with Gasteiger partial charge in [0.15, 0.2) is 0 Å². The fraction of sp³-hybridized carbons (Fsp3) is 1.00. The minimum Gasteiger partial charge on any atom is -0.235 e. The van der Waals surface area contributed by atoms with E-state index in [-0.39, 0.29) is 0 Å². The van der Waals surface area contributed by atoms with E-state index in [2.05, 4.69) is 24.7 Å². The van der Waals surface area contributed by atoms with Crippen molar-refractivity contribution >= 4 is 0 Å². The van der Waals surface area contributed by atoms with E-state index >= 15 is 0 Å². The topological polar surface area (TPSA) is 43.9 Å². The fourth-order valence-electron chi connectivity index (χ4n) is 1.14. The summed E-state index contributed by atoms with van der Waals surface area (Å²) in [7, 11) is 0. The zero-order valence-corrected chi connectivity index (χ0v) is 7.04. The molecule has 0 aromatic rings. The first-order valence-electron chi connectivity index (χ1n) is 4.31. The van der Waals surface area contributed by atoms with Crippen molar-refractivity contribution in [2.24, 2.45) is 0 Å². The lowest BCUT2D eigenvalue weighted by Crippen LogP contribution is -2.10. The Bertz CT molecular complexity index is 97.4. The molecule has 0 bridgehead atoms. The highest BCUT2D eigenvalue weighted by molar-refractivity contribution is 4.88. The van der Waals surface area contributed by atoms with Crippen molar-refractivity contribution in [2.75, 3.05) is 0 Å². The highest BCUT2D eigenvalue weighted by atomic mass is 15.7. The molecule has 0 radical (unpaired) electrons. The predicted molar refractivity (Wildman–Crippen MR) is 43.4 cm³/mol. The molecule has 1 fully saturated rings. The first kappa shape index (κ1) is 8.02. The summed E-state index contributed by atoms with van der Waals surface area (Å²) in [6.07, 6.45) is 6.72. The fourth-order valence-corrected chi connectivity index (χ4v) is 1.14. The summed E-state index contributed by atoms with van der Waals surface area (Å²) in [5.74, 6) is 0. The van der Waals surface area contributed by atoms with Crippen LogP contribution in [-0.4, -0.2) is 5.66 Å². The van der Waals surface area contributed by atoms with Crippen LogP contribution in [0.3, 0.4) is 0 Å². The molecule has 2 N–H and O–H groups in total. The van der Waals surface area contributed by atoms with Crippen LogP contribution < -0.4 is 10.9 Å². The molecule has 1 aliphatic heterocycles. The van der Waals surface area contributed by atoms with Gasteiger partial charge in [-0.15, -0.1) is 0 Å². The maximum absolute atomic E-state index is 3.14. The predicted octanol–water partition coefficient (Wildman–Crippen LogP) is 1.78. The van der Waals surface area contributed by atoms with Gasteiger partial charge in [0, 0.05) is 0 Å². The Kier molecular flexibility index (Phi) is 2.69. The molecule has 0 aromatic carbocycles. The highest BCUT2D eigenvalue weighted by Gasteiger charge is 2.34. The van der Waals surface area contributed by atoms with Crippen molar-refractivity contribution in [1.29, 1.82) is 0 Å². The minimum atomic E-state index is 0.299. The molecule has 0 spiro atoms. The second kappa shape index (κ2) is 3.35. The van der Waals surface area contributed by atoms with Crippen LogP contribution in [-0.2, 0) is 0 Å². The zero-order valence-electron chi connectivity index (χ0n) is 7.04. The van der Waals surface area contributed by atoms with Crippen LogP contribution in [0.1, 0.15) is 46.0 Å². The molecule has 0 amide bonds. The Morgan fingerprint density at radius 3 is 2.30 bits per heavy atom. The lowest BCUT2D eigenvalue weighted by molar-refractivity contribution is 0.537. The molecule has 0 unspecified atom stereocenters. The summed E-state index contributed by atoms with van der Waals surface area (Å²) >= 11 is 0. The van der Waals surface area contributed by atoms with E-state index in [1.807, 2.05) is 0 Å². The first-order chi connectivity index (χ1) is 4.77. The minimum absolute atomic E-state index is 0.299. The summed E-state index contributed by atoms with van der Waals surface area (Å²) in [5.41, 5.74) is 6.57. The third-order valence-corrected chi connectivity index (χ3v) is 2.08. The normalized spacial score (nSPS) is 21.0. The molecule has 1 saturated heterocycles. The maximum atomic E-state index is 3.14. The van der Waals surface area contributed by atoms with E-state index in [1.165, 1.54) is 32.1 Å². The van der Waals surface area contributed by atoms with Gasteiger partial charge in [-0.05, 0) is 13.3 Å². The van der Waals surface area contributed by atoms with Gasteiger partial charge in [0.25, 0.3) is 0 Å². The van der Waals surface area contributed by atoms with Gasteiger partial charge < -0.3 is 0 Å². The molecule has 0 aliphatic carbocycles. The first-order valence-corrected chi connectivity index (χ1v) is 4.31. The van der Waals surface area contributed by atoms with Crippen LogP contribution in [0.25, 0.3) is 0 Å². The molecule has 0 atom stereocenters. The molecule has 2 nitrogen and oxygen atoms in total.